The molecule has 4 unspecified atom stereocenters. The number of hydrogen-bond acceptors (Lipinski definition) is 4. The molecule has 2 rings (SSSR count). The highest BCUT2D eigenvalue weighted by atomic mass is 127. The van der Waals surface area contributed by atoms with E-state index >= 15 is 0 Å². The summed E-state index contributed by atoms with van der Waals surface area (Å²) in [4.78, 5) is 22.7. The average Bonchev–Trinajstić information content (AvgIpc) is 2.54. The molecule has 1 aliphatic carbocycles. The molecule has 1 aliphatic heterocycles. The molecule has 0 radical (unpaired) electrons. The van der Waals surface area contributed by atoms with Gasteiger partial charge in [0.25, 0.3) is 0 Å². The topological polar surface area (TPSA) is 72.8 Å². The van der Waals surface area contributed by atoms with Gasteiger partial charge in [-0.25, -0.2) is 0 Å². The Balaban J connectivity index is 2.40. The first-order valence-corrected chi connectivity index (χ1v) is 7.25. The molecule has 0 aromatic heterocycles. The summed E-state index contributed by atoms with van der Waals surface area (Å²) in [6.45, 7) is 3.19. The molecule has 0 amide bonds. The van der Waals surface area contributed by atoms with Crippen LogP contribution >= 0.6 is 22.6 Å². The SMILES string of the molecule is CC(=O)OC1CC2C(C)=COC1(CI)C2C(=O)O. The molecule has 0 aromatic carbocycles. The standard InChI is InChI=1S/C12H15IO5/c1-6-4-17-12(5-13)9(18-7(2)14)3-8(6)10(12)11(15)16/h4,8-10H,3,5H2,1-2H3,(H,15,16). The highest BCUT2D eigenvalue weighted by Crippen LogP contribution is 2.51. The lowest BCUT2D eigenvalue weighted by molar-refractivity contribution is -0.169. The van der Waals surface area contributed by atoms with Gasteiger partial charge in [0, 0.05) is 17.3 Å². The first-order valence-electron chi connectivity index (χ1n) is 5.73. The molecule has 2 bridgehead atoms. The quantitative estimate of drug-likeness (QED) is 0.468. The predicted octanol–water partition coefficient (Wildman–Crippen LogP) is 1.75. The number of carboxylic acid groups (broad SMARTS) is 1. The van der Waals surface area contributed by atoms with Gasteiger partial charge in [-0.1, -0.05) is 22.6 Å². The summed E-state index contributed by atoms with van der Waals surface area (Å²) < 4.78 is 11.4. The molecule has 5 nitrogen and oxygen atoms in total. The molecule has 1 heterocycles. The Labute approximate surface area is 119 Å². The highest BCUT2D eigenvalue weighted by molar-refractivity contribution is 14.1. The van der Waals surface area contributed by atoms with Gasteiger partial charge in [-0.2, -0.15) is 0 Å². The van der Waals surface area contributed by atoms with Crippen molar-refractivity contribution in [2.45, 2.75) is 32.0 Å². The zero-order chi connectivity index (χ0) is 13.5. The Morgan fingerprint density at radius 3 is 2.83 bits per heavy atom. The minimum absolute atomic E-state index is 0.115. The van der Waals surface area contributed by atoms with Gasteiger partial charge in [-0.3, -0.25) is 9.59 Å². The second-order valence-electron chi connectivity index (χ2n) is 4.82. The van der Waals surface area contributed by atoms with E-state index in [1.54, 1.807) is 6.26 Å². The zero-order valence-corrected chi connectivity index (χ0v) is 12.3. The van der Waals surface area contributed by atoms with E-state index in [1.165, 1.54) is 6.92 Å². The number of halogens is 1. The van der Waals surface area contributed by atoms with Crippen LogP contribution in [0.1, 0.15) is 20.3 Å². The third kappa shape index (κ3) is 1.90. The third-order valence-electron chi connectivity index (χ3n) is 3.77. The van der Waals surface area contributed by atoms with Crippen LogP contribution in [-0.4, -0.2) is 33.2 Å². The number of aliphatic carboxylic acids is 1. The number of ether oxygens (including phenoxy) is 2. The van der Waals surface area contributed by atoms with Crippen LogP contribution in [0.4, 0.5) is 0 Å². The summed E-state index contributed by atoms with van der Waals surface area (Å²) in [7, 11) is 0. The first kappa shape index (κ1) is 13.6. The minimum atomic E-state index is -0.928. The molecule has 0 saturated heterocycles. The van der Waals surface area contributed by atoms with Crippen LogP contribution in [0.5, 0.6) is 0 Å². The number of carbonyl (C=O) groups excluding carboxylic acids is 1. The van der Waals surface area contributed by atoms with Gasteiger partial charge < -0.3 is 14.6 Å². The maximum Gasteiger partial charge on any atom is 0.311 e. The van der Waals surface area contributed by atoms with Crippen LogP contribution in [-0.2, 0) is 19.1 Å². The van der Waals surface area contributed by atoms with E-state index in [1.807, 2.05) is 6.92 Å². The van der Waals surface area contributed by atoms with Crippen molar-refractivity contribution >= 4 is 34.5 Å². The second kappa shape index (κ2) is 4.71. The van der Waals surface area contributed by atoms with Crippen LogP contribution in [0, 0.1) is 11.8 Å². The summed E-state index contributed by atoms with van der Waals surface area (Å²) >= 11 is 2.09. The molecular formula is C12H15IO5. The molecule has 100 valence electrons. The monoisotopic (exact) mass is 366 g/mol. The minimum Gasteiger partial charge on any atom is -0.489 e. The molecule has 1 saturated carbocycles. The molecule has 0 spiro atoms. The molecule has 4 atom stereocenters. The molecule has 6 heteroatoms. The lowest BCUT2D eigenvalue weighted by atomic mass is 9.81. The Kier molecular flexibility index (Phi) is 3.57. The number of rotatable bonds is 3. The van der Waals surface area contributed by atoms with Crippen molar-refractivity contribution in [3.8, 4) is 0 Å². The van der Waals surface area contributed by atoms with E-state index < -0.39 is 29.6 Å². The van der Waals surface area contributed by atoms with Crippen LogP contribution in [0.25, 0.3) is 0 Å². The van der Waals surface area contributed by atoms with E-state index in [0.717, 1.165) is 5.57 Å². The number of alkyl halides is 1. The van der Waals surface area contributed by atoms with E-state index in [9.17, 15) is 14.7 Å². The Morgan fingerprint density at radius 1 is 1.67 bits per heavy atom. The third-order valence-corrected chi connectivity index (χ3v) is 4.97. The number of allylic oxidation sites excluding steroid dienone is 1. The maximum absolute atomic E-state index is 11.5. The van der Waals surface area contributed by atoms with Gasteiger partial charge in [0.1, 0.15) is 12.0 Å². The van der Waals surface area contributed by atoms with Crippen LogP contribution < -0.4 is 0 Å². The van der Waals surface area contributed by atoms with Crippen LogP contribution in [0.2, 0.25) is 0 Å². The summed E-state index contributed by atoms with van der Waals surface area (Å²) in [5, 5.41) is 9.43. The summed E-state index contributed by atoms with van der Waals surface area (Å²) in [6.07, 6.45) is 1.64. The van der Waals surface area contributed by atoms with Crippen molar-refractivity contribution in [2.75, 3.05) is 4.43 Å². The van der Waals surface area contributed by atoms with E-state index in [2.05, 4.69) is 22.6 Å². The van der Waals surface area contributed by atoms with E-state index in [0.29, 0.717) is 10.8 Å². The van der Waals surface area contributed by atoms with Crippen molar-refractivity contribution in [1.82, 2.24) is 0 Å². The summed E-state index contributed by atoms with van der Waals surface area (Å²) in [6, 6.07) is 0. The molecule has 18 heavy (non-hydrogen) atoms. The van der Waals surface area contributed by atoms with Crippen molar-refractivity contribution in [2.24, 2.45) is 11.8 Å². The second-order valence-corrected chi connectivity index (χ2v) is 5.59. The van der Waals surface area contributed by atoms with E-state index in [-0.39, 0.29) is 5.92 Å². The normalized spacial score (nSPS) is 37.7. The number of carboxylic acids is 1. The van der Waals surface area contributed by atoms with Crippen molar-refractivity contribution < 1.29 is 24.2 Å². The van der Waals surface area contributed by atoms with Gasteiger partial charge in [0.2, 0.25) is 0 Å². The summed E-state index contributed by atoms with van der Waals surface area (Å²) in [5.74, 6) is -2.06. The highest BCUT2D eigenvalue weighted by Gasteiger charge is 2.63. The van der Waals surface area contributed by atoms with Gasteiger partial charge >= 0.3 is 11.9 Å². The zero-order valence-electron chi connectivity index (χ0n) is 10.2. The molecule has 1 fully saturated rings. The van der Waals surface area contributed by atoms with Crippen LogP contribution in [0.3, 0.4) is 0 Å². The first-order chi connectivity index (χ1) is 8.42. The fourth-order valence-electron chi connectivity index (χ4n) is 2.93. The van der Waals surface area contributed by atoms with Crippen molar-refractivity contribution in [1.29, 1.82) is 0 Å². The van der Waals surface area contributed by atoms with Crippen molar-refractivity contribution in [3.63, 3.8) is 0 Å². The lowest BCUT2D eigenvalue weighted by Crippen LogP contribution is -2.52. The Morgan fingerprint density at radius 2 is 2.33 bits per heavy atom. The van der Waals surface area contributed by atoms with Gasteiger partial charge in [0.05, 0.1) is 6.26 Å². The number of carbonyl (C=O) groups is 2. The number of fused-ring (bicyclic) bond motifs is 2. The molecule has 1 N–H and O–H groups in total. The van der Waals surface area contributed by atoms with Gasteiger partial charge in [0.15, 0.2) is 5.60 Å². The fourth-order valence-corrected chi connectivity index (χ4v) is 4.07. The number of esters is 1. The van der Waals surface area contributed by atoms with Gasteiger partial charge in [-0.05, 0) is 18.9 Å². The van der Waals surface area contributed by atoms with Crippen molar-refractivity contribution in [3.05, 3.63) is 11.8 Å². The fraction of sp³-hybridized carbons (Fsp3) is 0.667. The smallest absolute Gasteiger partial charge is 0.311 e. The Hall–Kier alpha value is -0.790. The average molecular weight is 366 g/mol. The Bertz CT molecular complexity index is 419. The maximum atomic E-state index is 11.5. The molecule has 0 aromatic rings. The molecular weight excluding hydrogens is 351 g/mol. The number of hydrogen-bond donors (Lipinski definition) is 1. The largest absolute Gasteiger partial charge is 0.489 e. The summed E-state index contributed by atoms with van der Waals surface area (Å²) in [5.41, 5.74) is -0.0278. The predicted molar refractivity (Wildman–Crippen MR) is 71.2 cm³/mol. The lowest BCUT2D eigenvalue weighted by Gasteiger charge is -2.38. The van der Waals surface area contributed by atoms with Crippen LogP contribution in [0.15, 0.2) is 11.8 Å². The molecule has 2 aliphatic rings. The van der Waals surface area contributed by atoms with E-state index in [4.69, 9.17) is 9.47 Å². The van der Waals surface area contributed by atoms with Gasteiger partial charge in [-0.15, -0.1) is 0 Å².